The van der Waals surface area contributed by atoms with Crippen molar-refractivity contribution in [2.45, 2.75) is 56.8 Å². The number of likely N-dealkylation sites (N-methyl/N-ethyl adjacent to an activating group) is 1. The zero-order chi connectivity index (χ0) is 14.8. The zero-order valence-corrected chi connectivity index (χ0v) is 13.3. The molecule has 1 saturated heterocycles. The van der Waals surface area contributed by atoms with Gasteiger partial charge in [-0.25, -0.2) is 0 Å². The van der Waals surface area contributed by atoms with Gasteiger partial charge >= 0.3 is 0 Å². The van der Waals surface area contributed by atoms with Crippen LogP contribution in [0.4, 0.5) is 0 Å². The molecular weight excluding hydrogens is 264 g/mol. The summed E-state index contributed by atoms with van der Waals surface area (Å²) < 4.78 is 2.16. The van der Waals surface area contributed by atoms with Gasteiger partial charge in [0.05, 0.1) is 17.8 Å². The van der Waals surface area contributed by atoms with Crippen molar-refractivity contribution in [1.82, 2.24) is 19.6 Å². The fraction of sp³-hybridized carbons (Fsp3) is 0.812. The van der Waals surface area contributed by atoms with Crippen LogP contribution in [0.25, 0.3) is 0 Å². The number of rotatable bonds is 5. The normalized spacial score (nSPS) is 28.0. The monoisotopic (exact) mass is 292 g/mol. The molecule has 2 unspecified atom stereocenters. The lowest BCUT2D eigenvalue weighted by atomic mass is 10.2. The summed E-state index contributed by atoms with van der Waals surface area (Å²) in [5, 5.41) is 14.7. The molecule has 3 rings (SSSR count). The summed E-state index contributed by atoms with van der Waals surface area (Å²) in [5.74, 6) is 0. The van der Waals surface area contributed by atoms with E-state index in [0.29, 0.717) is 12.1 Å². The van der Waals surface area contributed by atoms with E-state index in [-0.39, 0.29) is 6.10 Å². The van der Waals surface area contributed by atoms with Gasteiger partial charge in [-0.2, -0.15) is 5.10 Å². The number of likely N-dealkylation sites (tertiary alicyclic amines) is 1. The van der Waals surface area contributed by atoms with E-state index in [1.54, 1.807) is 0 Å². The number of β-amino-alcohol motifs (C(OH)–C–C–N with tert-alkyl or cyclic N) is 1. The molecule has 0 radical (unpaired) electrons. The second kappa shape index (κ2) is 6.46. The molecule has 0 bridgehead atoms. The van der Waals surface area contributed by atoms with Crippen LogP contribution in [0.3, 0.4) is 0 Å². The van der Waals surface area contributed by atoms with Crippen LogP contribution in [-0.4, -0.2) is 64.0 Å². The van der Waals surface area contributed by atoms with Gasteiger partial charge in [0.1, 0.15) is 0 Å². The highest BCUT2D eigenvalue weighted by Crippen LogP contribution is 2.29. The molecule has 5 heteroatoms. The Hall–Kier alpha value is -0.910. The standard InChI is InChI=1S/C16H28N4O/c1-18(2)11-15-9-16(21)12-19(15)10-13-7-8-20(17-13)14-5-3-4-6-14/h7-8,14-16,21H,3-6,9-12H2,1-2H3. The zero-order valence-electron chi connectivity index (χ0n) is 13.3. The minimum absolute atomic E-state index is 0.188. The average Bonchev–Trinajstić information content (AvgIpc) is 3.11. The third kappa shape index (κ3) is 3.65. The lowest BCUT2D eigenvalue weighted by Crippen LogP contribution is -2.37. The first-order chi connectivity index (χ1) is 10.1. The Balaban J connectivity index is 1.62. The molecule has 1 saturated carbocycles. The summed E-state index contributed by atoms with van der Waals surface area (Å²) in [6, 6.07) is 3.20. The van der Waals surface area contributed by atoms with Crippen LogP contribution in [0.5, 0.6) is 0 Å². The van der Waals surface area contributed by atoms with Gasteiger partial charge in [0.2, 0.25) is 0 Å². The summed E-state index contributed by atoms with van der Waals surface area (Å²) in [6.07, 6.45) is 8.04. The van der Waals surface area contributed by atoms with Crippen molar-refractivity contribution in [2.24, 2.45) is 0 Å². The lowest BCUT2D eigenvalue weighted by molar-refractivity contribution is 0.168. The van der Waals surface area contributed by atoms with Gasteiger partial charge in [-0.3, -0.25) is 9.58 Å². The van der Waals surface area contributed by atoms with Crippen LogP contribution in [-0.2, 0) is 6.54 Å². The van der Waals surface area contributed by atoms with Crippen LogP contribution < -0.4 is 0 Å². The molecule has 1 aliphatic carbocycles. The van der Waals surface area contributed by atoms with Gasteiger partial charge < -0.3 is 10.0 Å². The second-order valence-corrected chi connectivity index (χ2v) is 6.96. The maximum atomic E-state index is 9.95. The number of aromatic nitrogens is 2. The smallest absolute Gasteiger partial charge is 0.0765 e. The van der Waals surface area contributed by atoms with Crippen LogP contribution >= 0.6 is 0 Å². The Morgan fingerprint density at radius 1 is 1.33 bits per heavy atom. The largest absolute Gasteiger partial charge is 0.392 e. The van der Waals surface area contributed by atoms with E-state index < -0.39 is 0 Å². The minimum Gasteiger partial charge on any atom is -0.392 e. The number of nitrogens with zero attached hydrogens (tertiary/aromatic N) is 4. The van der Waals surface area contributed by atoms with Crippen LogP contribution in [0, 0.1) is 0 Å². The van der Waals surface area contributed by atoms with E-state index in [0.717, 1.165) is 31.7 Å². The fourth-order valence-corrected chi connectivity index (χ4v) is 3.80. The molecule has 0 amide bonds. The first-order valence-electron chi connectivity index (χ1n) is 8.22. The molecule has 118 valence electrons. The fourth-order valence-electron chi connectivity index (χ4n) is 3.80. The van der Waals surface area contributed by atoms with E-state index in [4.69, 9.17) is 5.10 Å². The summed E-state index contributed by atoms with van der Waals surface area (Å²) >= 11 is 0. The lowest BCUT2D eigenvalue weighted by Gasteiger charge is -2.25. The van der Waals surface area contributed by atoms with E-state index in [9.17, 15) is 5.11 Å². The van der Waals surface area contributed by atoms with Gasteiger partial charge in [-0.1, -0.05) is 12.8 Å². The summed E-state index contributed by atoms with van der Waals surface area (Å²) in [7, 11) is 4.19. The first-order valence-corrected chi connectivity index (χ1v) is 8.22. The van der Waals surface area contributed by atoms with Crippen molar-refractivity contribution >= 4 is 0 Å². The Bertz CT molecular complexity index is 453. The number of aliphatic hydroxyl groups excluding tert-OH is 1. The van der Waals surface area contributed by atoms with Crippen molar-refractivity contribution in [2.75, 3.05) is 27.2 Å². The Morgan fingerprint density at radius 3 is 2.81 bits per heavy atom. The van der Waals surface area contributed by atoms with Crippen LogP contribution in [0.15, 0.2) is 12.3 Å². The van der Waals surface area contributed by atoms with Crippen LogP contribution in [0.2, 0.25) is 0 Å². The second-order valence-electron chi connectivity index (χ2n) is 6.96. The minimum atomic E-state index is -0.188. The molecule has 0 spiro atoms. The molecule has 2 aliphatic rings. The highest BCUT2D eigenvalue weighted by atomic mass is 16.3. The maximum absolute atomic E-state index is 9.95. The van der Waals surface area contributed by atoms with E-state index >= 15 is 0 Å². The third-order valence-corrected chi connectivity index (χ3v) is 4.81. The highest BCUT2D eigenvalue weighted by molar-refractivity contribution is 5.02. The molecule has 1 N–H and O–H groups in total. The van der Waals surface area contributed by atoms with Crippen LogP contribution in [0.1, 0.15) is 43.8 Å². The Morgan fingerprint density at radius 2 is 2.10 bits per heavy atom. The molecule has 2 atom stereocenters. The molecule has 21 heavy (non-hydrogen) atoms. The van der Waals surface area contributed by atoms with Crippen molar-refractivity contribution in [3.63, 3.8) is 0 Å². The number of hydrogen-bond acceptors (Lipinski definition) is 4. The average molecular weight is 292 g/mol. The molecule has 0 aromatic carbocycles. The quantitative estimate of drug-likeness (QED) is 0.893. The summed E-state index contributed by atoms with van der Waals surface area (Å²) in [5.41, 5.74) is 1.14. The Labute approximate surface area is 127 Å². The van der Waals surface area contributed by atoms with Crippen molar-refractivity contribution < 1.29 is 5.11 Å². The van der Waals surface area contributed by atoms with Crippen molar-refractivity contribution in [3.8, 4) is 0 Å². The number of hydrogen-bond donors (Lipinski definition) is 1. The van der Waals surface area contributed by atoms with Gasteiger partial charge in [0, 0.05) is 31.9 Å². The molecule has 1 aromatic heterocycles. The van der Waals surface area contributed by atoms with Gasteiger partial charge in [0.15, 0.2) is 0 Å². The van der Waals surface area contributed by atoms with Crippen molar-refractivity contribution in [1.29, 1.82) is 0 Å². The summed E-state index contributed by atoms with van der Waals surface area (Å²) in [4.78, 5) is 4.58. The number of aliphatic hydroxyl groups is 1. The van der Waals surface area contributed by atoms with E-state index in [2.05, 4.69) is 40.8 Å². The topological polar surface area (TPSA) is 44.5 Å². The van der Waals surface area contributed by atoms with Gasteiger partial charge in [0.25, 0.3) is 0 Å². The molecule has 1 aliphatic heterocycles. The third-order valence-electron chi connectivity index (χ3n) is 4.81. The molecule has 5 nitrogen and oxygen atoms in total. The first kappa shape index (κ1) is 15.0. The predicted molar refractivity (Wildman–Crippen MR) is 83.1 cm³/mol. The molecule has 1 aromatic rings. The molecule has 2 heterocycles. The van der Waals surface area contributed by atoms with Crippen molar-refractivity contribution in [3.05, 3.63) is 18.0 Å². The Kier molecular flexibility index (Phi) is 4.62. The van der Waals surface area contributed by atoms with E-state index in [1.165, 1.54) is 25.7 Å². The predicted octanol–water partition coefficient (Wildman–Crippen LogP) is 1.49. The summed E-state index contributed by atoms with van der Waals surface area (Å²) in [6.45, 7) is 2.63. The highest BCUT2D eigenvalue weighted by Gasteiger charge is 2.31. The van der Waals surface area contributed by atoms with Gasteiger partial charge in [-0.05, 0) is 39.4 Å². The SMILES string of the molecule is CN(C)CC1CC(O)CN1Cc1ccn(C2CCCC2)n1. The maximum Gasteiger partial charge on any atom is 0.0765 e. The van der Waals surface area contributed by atoms with E-state index in [1.807, 2.05) is 0 Å². The van der Waals surface area contributed by atoms with Gasteiger partial charge in [-0.15, -0.1) is 0 Å². The molecular formula is C16H28N4O. The molecule has 2 fully saturated rings.